The minimum Gasteiger partial charge on any atom is -0.308 e. The van der Waals surface area contributed by atoms with Gasteiger partial charge in [-0.25, -0.2) is 8.78 Å². The second kappa shape index (κ2) is 4.71. The van der Waals surface area contributed by atoms with E-state index in [4.69, 9.17) is 0 Å². The van der Waals surface area contributed by atoms with Gasteiger partial charge in [-0.15, -0.1) is 0 Å². The Morgan fingerprint density at radius 1 is 1.20 bits per heavy atom. The quantitative estimate of drug-likeness (QED) is 0.779. The molecule has 2 nitrogen and oxygen atoms in total. The average molecular weight is 273 g/mol. The molecule has 102 valence electrons. The predicted molar refractivity (Wildman–Crippen MR) is 72.9 cm³/mol. The summed E-state index contributed by atoms with van der Waals surface area (Å²) < 4.78 is 27.4. The van der Waals surface area contributed by atoms with Crippen LogP contribution >= 0.6 is 0 Å². The maximum Gasteiger partial charge on any atom is 0.261 e. The maximum atomic E-state index is 14.0. The topological polar surface area (TPSA) is 20.3 Å². The third kappa shape index (κ3) is 1.97. The van der Waals surface area contributed by atoms with Crippen LogP contribution in [0.3, 0.4) is 0 Å². The molecule has 1 amide bonds. The van der Waals surface area contributed by atoms with E-state index in [0.717, 1.165) is 5.56 Å². The summed E-state index contributed by atoms with van der Waals surface area (Å²) in [7, 11) is 0. The molecule has 0 atom stereocenters. The highest BCUT2D eigenvalue weighted by molar-refractivity contribution is 6.07. The molecule has 0 spiro atoms. The molecule has 0 aliphatic carbocycles. The lowest BCUT2D eigenvalue weighted by molar-refractivity contribution is 0.0985. The van der Waals surface area contributed by atoms with Crippen LogP contribution in [0, 0.1) is 18.6 Å². The van der Waals surface area contributed by atoms with Gasteiger partial charge in [0, 0.05) is 6.54 Å². The number of carbonyl (C=O) groups is 1. The fourth-order valence-electron chi connectivity index (χ4n) is 2.52. The first-order valence-corrected chi connectivity index (χ1v) is 6.43. The zero-order chi connectivity index (χ0) is 14.3. The van der Waals surface area contributed by atoms with Crippen molar-refractivity contribution in [2.75, 3.05) is 11.4 Å². The van der Waals surface area contributed by atoms with Gasteiger partial charge >= 0.3 is 0 Å². The molecule has 0 radical (unpaired) electrons. The van der Waals surface area contributed by atoms with Gasteiger partial charge in [0.1, 0.15) is 11.6 Å². The van der Waals surface area contributed by atoms with Crippen molar-refractivity contribution in [3.63, 3.8) is 0 Å². The van der Waals surface area contributed by atoms with Crippen LogP contribution in [0.2, 0.25) is 0 Å². The maximum absolute atomic E-state index is 14.0. The lowest BCUT2D eigenvalue weighted by Gasteiger charge is -2.18. The fraction of sp³-hybridized carbons (Fsp3) is 0.188. The largest absolute Gasteiger partial charge is 0.308 e. The monoisotopic (exact) mass is 273 g/mol. The highest BCUT2D eigenvalue weighted by atomic mass is 19.1. The molecule has 4 heteroatoms. The number of anilines is 1. The SMILES string of the molecule is Cc1cccc(C(=O)N2CCc3ccc(F)cc32)c1F. The van der Waals surface area contributed by atoms with Crippen LogP contribution < -0.4 is 4.90 Å². The Morgan fingerprint density at radius 2 is 2.00 bits per heavy atom. The van der Waals surface area contributed by atoms with Crippen LogP contribution in [-0.2, 0) is 6.42 Å². The van der Waals surface area contributed by atoms with Crippen molar-refractivity contribution in [3.05, 3.63) is 64.7 Å². The molecule has 0 aromatic heterocycles. The molecular weight excluding hydrogens is 260 g/mol. The van der Waals surface area contributed by atoms with Gasteiger partial charge in [-0.1, -0.05) is 18.2 Å². The Labute approximate surface area is 115 Å². The second-order valence-corrected chi connectivity index (χ2v) is 4.92. The smallest absolute Gasteiger partial charge is 0.261 e. The molecule has 1 aliphatic rings. The van der Waals surface area contributed by atoms with Gasteiger partial charge < -0.3 is 4.90 Å². The lowest BCUT2D eigenvalue weighted by Crippen LogP contribution is -2.29. The van der Waals surface area contributed by atoms with Crippen molar-refractivity contribution in [2.45, 2.75) is 13.3 Å². The molecule has 0 saturated carbocycles. The third-order valence-electron chi connectivity index (χ3n) is 3.61. The second-order valence-electron chi connectivity index (χ2n) is 4.92. The lowest BCUT2D eigenvalue weighted by atomic mass is 10.1. The van der Waals surface area contributed by atoms with Gasteiger partial charge in [0.05, 0.1) is 11.3 Å². The van der Waals surface area contributed by atoms with E-state index in [1.54, 1.807) is 25.1 Å². The van der Waals surface area contributed by atoms with Crippen LogP contribution in [0.25, 0.3) is 0 Å². The first kappa shape index (κ1) is 12.8. The summed E-state index contributed by atoms with van der Waals surface area (Å²) in [6, 6.07) is 9.10. The van der Waals surface area contributed by atoms with E-state index in [0.29, 0.717) is 24.2 Å². The molecule has 1 heterocycles. The minimum atomic E-state index is -0.512. The van der Waals surface area contributed by atoms with Crippen molar-refractivity contribution in [1.82, 2.24) is 0 Å². The summed E-state index contributed by atoms with van der Waals surface area (Å²) in [5, 5.41) is 0. The number of hydrogen-bond donors (Lipinski definition) is 0. The van der Waals surface area contributed by atoms with E-state index in [-0.39, 0.29) is 5.56 Å². The predicted octanol–water partition coefficient (Wildman–Crippen LogP) is 3.48. The van der Waals surface area contributed by atoms with Gasteiger partial charge in [0.15, 0.2) is 0 Å². The third-order valence-corrected chi connectivity index (χ3v) is 3.61. The molecule has 0 N–H and O–H groups in total. The number of benzene rings is 2. The number of fused-ring (bicyclic) bond motifs is 1. The first-order chi connectivity index (χ1) is 9.58. The Hall–Kier alpha value is -2.23. The molecule has 0 bridgehead atoms. The van der Waals surface area contributed by atoms with Crippen molar-refractivity contribution in [1.29, 1.82) is 0 Å². The summed E-state index contributed by atoms with van der Waals surface area (Å²) in [6.07, 6.45) is 0.661. The molecule has 2 aromatic carbocycles. The zero-order valence-corrected chi connectivity index (χ0v) is 11.0. The molecule has 1 aliphatic heterocycles. The molecule has 0 fully saturated rings. The number of carbonyl (C=O) groups excluding carboxylic acids is 1. The molecule has 2 aromatic rings. The molecule has 0 saturated heterocycles. The van der Waals surface area contributed by atoms with Gasteiger partial charge in [-0.05, 0) is 42.7 Å². The van der Waals surface area contributed by atoms with Crippen molar-refractivity contribution >= 4 is 11.6 Å². The van der Waals surface area contributed by atoms with Crippen LogP contribution in [0.4, 0.5) is 14.5 Å². The van der Waals surface area contributed by atoms with Crippen LogP contribution in [0.15, 0.2) is 36.4 Å². The number of hydrogen-bond acceptors (Lipinski definition) is 1. The average Bonchev–Trinajstić information content (AvgIpc) is 2.84. The van der Waals surface area contributed by atoms with Crippen LogP contribution in [0.5, 0.6) is 0 Å². The van der Waals surface area contributed by atoms with Gasteiger partial charge in [0.25, 0.3) is 5.91 Å². The summed E-state index contributed by atoms with van der Waals surface area (Å²) >= 11 is 0. The normalized spacial score (nSPS) is 13.4. The number of rotatable bonds is 1. The fourth-order valence-corrected chi connectivity index (χ4v) is 2.52. The minimum absolute atomic E-state index is 0.0297. The Balaban J connectivity index is 2.02. The van der Waals surface area contributed by atoms with E-state index >= 15 is 0 Å². The number of halogens is 2. The molecule has 3 rings (SSSR count). The summed E-state index contributed by atoms with van der Waals surface area (Å²) in [6.45, 7) is 2.06. The first-order valence-electron chi connectivity index (χ1n) is 6.43. The van der Waals surface area contributed by atoms with Crippen LogP contribution in [-0.4, -0.2) is 12.5 Å². The van der Waals surface area contributed by atoms with Gasteiger partial charge in [-0.3, -0.25) is 4.79 Å². The highest BCUT2D eigenvalue weighted by Crippen LogP contribution is 2.30. The summed E-state index contributed by atoms with van der Waals surface area (Å²) in [4.78, 5) is 13.9. The molecule has 20 heavy (non-hydrogen) atoms. The van der Waals surface area contributed by atoms with Gasteiger partial charge in [-0.2, -0.15) is 0 Å². The Morgan fingerprint density at radius 3 is 2.80 bits per heavy atom. The standard InChI is InChI=1S/C16H13F2NO/c1-10-3-2-4-13(15(10)18)16(20)19-8-7-11-5-6-12(17)9-14(11)19/h2-6,9H,7-8H2,1H3. The number of aryl methyl sites for hydroxylation is 1. The van der Waals surface area contributed by atoms with Gasteiger partial charge in [0.2, 0.25) is 0 Å². The van der Waals surface area contributed by atoms with E-state index < -0.39 is 17.5 Å². The molecular formula is C16H13F2NO. The summed E-state index contributed by atoms with van der Waals surface area (Å²) in [5.74, 6) is -1.33. The number of nitrogens with zero attached hydrogens (tertiary/aromatic N) is 1. The van der Waals surface area contributed by atoms with Crippen LogP contribution in [0.1, 0.15) is 21.5 Å². The van der Waals surface area contributed by atoms with E-state index in [1.165, 1.54) is 23.1 Å². The summed E-state index contributed by atoms with van der Waals surface area (Å²) in [5.41, 5.74) is 1.90. The van der Waals surface area contributed by atoms with Crippen molar-refractivity contribution in [2.24, 2.45) is 0 Å². The number of amides is 1. The molecule has 0 unspecified atom stereocenters. The zero-order valence-electron chi connectivity index (χ0n) is 11.0. The highest BCUT2D eigenvalue weighted by Gasteiger charge is 2.27. The van der Waals surface area contributed by atoms with Crippen molar-refractivity contribution in [3.8, 4) is 0 Å². The van der Waals surface area contributed by atoms with E-state index in [1.807, 2.05) is 0 Å². The Bertz CT molecular complexity index is 697. The Kier molecular flexibility index (Phi) is 3.01. The van der Waals surface area contributed by atoms with E-state index in [2.05, 4.69) is 0 Å². The van der Waals surface area contributed by atoms with Crippen molar-refractivity contribution < 1.29 is 13.6 Å². The van der Waals surface area contributed by atoms with E-state index in [9.17, 15) is 13.6 Å².